The fourth-order valence-corrected chi connectivity index (χ4v) is 3.45. The van der Waals surface area contributed by atoms with Crippen LogP contribution in [0.2, 0.25) is 5.02 Å². The van der Waals surface area contributed by atoms with Crippen LogP contribution in [0.4, 0.5) is 0 Å². The van der Waals surface area contributed by atoms with Crippen LogP contribution in [0.1, 0.15) is 32.3 Å². The number of hydrogen-bond donors (Lipinski definition) is 1. The van der Waals surface area contributed by atoms with Gasteiger partial charge in [0.05, 0.1) is 5.41 Å². The zero-order valence-corrected chi connectivity index (χ0v) is 14.7. The number of likely N-dealkylation sites (tertiary alicyclic amines) is 1. The summed E-state index contributed by atoms with van der Waals surface area (Å²) in [6.07, 6.45) is 2.01. The molecule has 1 aromatic rings. The van der Waals surface area contributed by atoms with Gasteiger partial charge in [-0.15, -0.1) is 0 Å². The molecule has 0 radical (unpaired) electrons. The fraction of sp³-hybridized carbons (Fsp3) is 0.562. The van der Waals surface area contributed by atoms with Gasteiger partial charge in [0.25, 0.3) is 0 Å². The molecule has 116 valence electrons. The van der Waals surface area contributed by atoms with Crippen molar-refractivity contribution in [1.29, 1.82) is 0 Å². The van der Waals surface area contributed by atoms with Gasteiger partial charge in [0.15, 0.2) is 0 Å². The lowest BCUT2D eigenvalue weighted by atomic mass is 9.74. The first-order valence-corrected chi connectivity index (χ1v) is 8.37. The van der Waals surface area contributed by atoms with Crippen molar-refractivity contribution in [2.24, 2.45) is 11.3 Å². The molecule has 2 rings (SSSR count). The molecule has 1 fully saturated rings. The van der Waals surface area contributed by atoms with Gasteiger partial charge in [-0.3, -0.25) is 9.69 Å². The van der Waals surface area contributed by atoms with E-state index >= 15 is 0 Å². The number of carboxylic acids is 1. The molecule has 21 heavy (non-hydrogen) atoms. The van der Waals surface area contributed by atoms with Gasteiger partial charge in [-0.1, -0.05) is 27.5 Å². The third-order valence-electron chi connectivity index (χ3n) is 4.48. The number of carbonyl (C=O) groups is 1. The summed E-state index contributed by atoms with van der Waals surface area (Å²) in [4.78, 5) is 13.8. The van der Waals surface area contributed by atoms with Crippen LogP contribution in [0.5, 0.6) is 0 Å². The monoisotopic (exact) mass is 373 g/mol. The molecule has 1 unspecified atom stereocenters. The summed E-state index contributed by atoms with van der Waals surface area (Å²) in [6, 6.07) is 5.86. The summed E-state index contributed by atoms with van der Waals surface area (Å²) in [5.41, 5.74) is 0.402. The topological polar surface area (TPSA) is 40.5 Å². The smallest absolute Gasteiger partial charge is 0.309 e. The Bertz CT molecular complexity index is 533. The minimum absolute atomic E-state index is 0.176. The van der Waals surface area contributed by atoms with E-state index in [0.717, 1.165) is 47.5 Å². The first-order chi connectivity index (χ1) is 9.80. The van der Waals surface area contributed by atoms with Crippen molar-refractivity contribution in [1.82, 2.24) is 4.90 Å². The van der Waals surface area contributed by atoms with Crippen LogP contribution in [-0.4, -0.2) is 29.1 Å². The van der Waals surface area contributed by atoms with Gasteiger partial charge in [0.1, 0.15) is 0 Å². The number of halogens is 2. The molecule has 0 amide bonds. The van der Waals surface area contributed by atoms with E-state index in [0.29, 0.717) is 0 Å². The van der Waals surface area contributed by atoms with Gasteiger partial charge < -0.3 is 5.11 Å². The predicted octanol–water partition coefficient (Wildman–Crippen LogP) is 4.43. The zero-order chi connectivity index (χ0) is 15.6. The van der Waals surface area contributed by atoms with E-state index in [1.807, 2.05) is 32.0 Å². The molecular weight excluding hydrogens is 354 g/mol. The number of hydrogen-bond acceptors (Lipinski definition) is 2. The second kappa shape index (κ2) is 6.67. The Morgan fingerprint density at radius 3 is 2.90 bits per heavy atom. The molecule has 0 aliphatic carbocycles. The van der Waals surface area contributed by atoms with Crippen LogP contribution in [-0.2, 0) is 11.3 Å². The highest BCUT2D eigenvalue weighted by atomic mass is 79.9. The molecule has 1 heterocycles. The number of nitrogens with zero attached hydrogens (tertiary/aromatic N) is 1. The van der Waals surface area contributed by atoms with Gasteiger partial charge in [0.2, 0.25) is 0 Å². The number of aliphatic carboxylic acids is 1. The SMILES string of the molecule is CC(C)(C(=O)O)C1CCCN(Cc2cc(Br)ccc2Cl)C1. The molecule has 1 aromatic carbocycles. The van der Waals surface area contributed by atoms with E-state index < -0.39 is 11.4 Å². The average molecular weight is 375 g/mol. The summed E-state index contributed by atoms with van der Waals surface area (Å²) >= 11 is 9.72. The first kappa shape index (κ1) is 16.8. The summed E-state index contributed by atoms with van der Waals surface area (Å²) in [6.45, 7) is 6.23. The number of piperidine rings is 1. The molecular formula is C16H21BrClNO2. The normalized spacial score (nSPS) is 20.5. The van der Waals surface area contributed by atoms with Crippen molar-refractivity contribution in [2.45, 2.75) is 33.2 Å². The van der Waals surface area contributed by atoms with Crippen LogP contribution in [0.3, 0.4) is 0 Å². The highest BCUT2D eigenvalue weighted by Crippen LogP contribution is 2.35. The average Bonchev–Trinajstić information content (AvgIpc) is 2.43. The lowest BCUT2D eigenvalue weighted by Gasteiger charge is -2.39. The molecule has 0 saturated carbocycles. The van der Waals surface area contributed by atoms with E-state index in [2.05, 4.69) is 20.8 Å². The molecule has 1 atom stereocenters. The highest BCUT2D eigenvalue weighted by molar-refractivity contribution is 9.10. The molecule has 1 aliphatic heterocycles. The largest absolute Gasteiger partial charge is 0.481 e. The molecule has 1 saturated heterocycles. The Balaban J connectivity index is 2.08. The maximum absolute atomic E-state index is 11.4. The van der Waals surface area contributed by atoms with E-state index in [4.69, 9.17) is 11.6 Å². The fourth-order valence-electron chi connectivity index (χ4n) is 2.87. The first-order valence-electron chi connectivity index (χ1n) is 7.20. The Labute approximate surface area is 139 Å². The van der Waals surface area contributed by atoms with Crippen LogP contribution < -0.4 is 0 Å². The summed E-state index contributed by atoms with van der Waals surface area (Å²) in [5.74, 6) is -0.537. The van der Waals surface area contributed by atoms with E-state index in [1.54, 1.807) is 0 Å². The molecule has 0 aromatic heterocycles. The number of benzene rings is 1. The van der Waals surface area contributed by atoms with E-state index in [-0.39, 0.29) is 5.92 Å². The molecule has 0 spiro atoms. The number of rotatable bonds is 4. The summed E-state index contributed by atoms with van der Waals surface area (Å²) in [5, 5.41) is 10.2. The van der Waals surface area contributed by atoms with Crippen LogP contribution in [0, 0.1) is 11.3 Å². The second-order valence-electron chi connectivity index (χ2n) is 6.34. The highest BCUT2D eigenvalue weighted by Gasteiger charge is 2.39. The lowest BCUT2D eigenvalue weighted by molar-refractivity contribution is -0.151. The Kier molecular flexibility index (Phi) is 5.33. The summed E-state index contributed by atoms with van der Waals surface area (Å²) in [7, 11) is 0. The third kappa shape index (κ3) is 3.99. The van der Waals surface area contributed by atoms with Crippen molar-refractivity contribution >= 4 is 33.5 Å². The van der Waals surface area contributed by atoms with Crippen molar-refractivity contribution in [3.8, 4) is 0 Å². The predicted molar refractivity (Wildman–Crippen MR) is 88.6 cm³/mol. The van der Waals surface area contributed by atoms with Crippen LogP contribution in [0.15, 0.2) is 22.7 Å². The van der Waals surface area contributed by atoms with Crippen LogP contribution >= 0.6 is 27.5 Å². The zero-order valence-electron chi connectivity index (χ0n) is 12.4. The maximum Gasteiger partial charge on any atom is 0.309 e. The van der Waals surface area contributed by atoms with Crippen LogP contribution in [0.25, 0.3) is 0 Å². The van der Waals surface area contributed by atoms with Crippen molar-refractivity contribution in [3.63, 3.8) is 0 Å². The van der Waals surface area contributed by atoms with E-state index in [9.17, 15) is 9.90 Å². The minimum atomic E-state index is -0.713. The Hall–Kier alpha value is -0.580. The van der Waals surface area contributed by atoms with Gasteiger partial charge in [0, 0.05) is 22.6 Å². The second-order valence-corrected chi connectivity index (χ2v) is 7.66. The Morgan fingerprint density at radius 2 is 2.24 bits per heavy atom. The van der Waals surface area contributed by atoms with Crippen molar-refractivity contribution < 1.29 is 9.90 Å². The maximum atomic E-state index is 11.4. The van der Waals surface area contributed by atoms with Gasteiger partial charge in [-0.05, 0) is 62.9 Å². The van der Waals surface area contributed by atoms with Gasteiger partial charge in [-0.25, -0.2) is 0 Å². The molecule has 0 bridgehead atoms. The summed E-state index contributed by atoms with van der Waals surface area (Å²) < 4.78 is 1.02. The lowest BCUT2D eigenvalue weighted by Crippen LogP contribution is -2.44. The standard InChI is InChI=1S/C16H21BrClNO2/c1-16(2,15(20)21)12-4-3-7-19(10-12)9-11-8-13(17)5-6-14(11)18/h5-6,8,12H,3-4,7,9-10H2,1-2H3,(H,20,21). The van der Waals surface area contributed by atoms with Crippen molar-refractivity contribution in [3.05, 3.63) is 33.3 Å². The van der Waals surface area contributed by atoms with Gasteiger partial charge in [-0.2, -0.15) is 0 Å². The number of carboxylic acid groups (broad SMARTS) is 1. The Morgan fingerprint density at radius 1 is 1.52 bits per heavy atom. The van der Waals surface area contributed by atoms with E-state index in [1.165, 1.54) is 0 Å². The van der Waals surface area contributed by atoms with Gasteiger partial charge >= 0.3 is 5.97 Å². The molecule has 1 aliphatic rings. The quantitative estimate of drug-likeness (QED) is 0.848. The van der Waals surface area contributed by atoms with Crippen molar-refractivity contribution in [2.75, 3.05) is 13.1 Å². The molecule has 5 heteroatoms. The third-order valence-corrected chi connectivity index (χ3v) is 5.34. The molecule has 1 N–H and O–H groups in total. The molecule has 3 nitrogen and oxygen atoms in total. The minimum Gasteiger partial charge on any atom is -0.481 e.